The Morgan fingerprint density at radius 2 is 1.62 bits per heavy atom. The lowest BCUT2D eigenvalue weighted by molar-refractivity contribution is -0.111. The number of likely N-dealkylation sites (tertiary alicyclic amines) is 1. The minimum atomic E-state index is -0.0976. The van der Waals surface area contributed by atoms with Gasteiger partial charge >= 0.3 is 0 Å². The highest BCUT2D eigenvalue weighted by Gasteiger charge is 2.34. The molecule has 29 heavy (non-hydrogen) atoms. The number of ether oxygens (including phenoxy) is 2. The van der Waals surface area contributed by atoms with E-state index in [0.29, 0.717) is 19.3 Å². The first-order chi connectivity index (χ1) is 14.4. The van der Waals surface area contributed by atoms with Crippen LogP contribution < -0.4 is 0 Å². The highest BCUT2D eigenvalue weighted by Crippen LogP contribution is 2.30. The molecule has 3 heterocycles. The minimum Gasteiger partial charge on any atom is -0.349 e. The Hall–Kier alpha value is -2.47. The summed E-state index contributed by atoms with van der Waals surface area (Å²) in [6.07, 6.45) is 5.66. The smallest absolute Gasteiger partial charge is 0.173 e. The molecule has 0 saturated carbocycles. The van der Waals surface area contributed by atoms with Gasteiger partial charge < -0.3 is 9.47 Å². The van der Waals surface area contributed by atoms with Gasteiger partial charge in [-0.25, -0.2) is 4.68 Å². The molecule has 150 valence electrons. The highest BCUT2D eigenvalue weighted by atomic mass is 16.7. The maximum absolute atomic E-state index is 5.87. The van der Waals surface area contributed by atoms with Gasteiger partial charge in [0.2, 0.25) is 0 Å². The molecule has 1 aromatic heterocycles. The van der Waals surface area contributed by atoms with Crippen molar-refractivity contribution in [2.24, 2.45) is 0 Å². The van der Waals surface area contributed by atoms with Crippen molar-refractivity contribution in [2.45, 2.75) is 38.1 Å². The number of hydrogen-bond donors (Lipinski definition) is 0. The van der Waals surface area contributed by atoms with Gasteiger partial charge in [0, 0.05) is 23.9 Å². The topological polar surface area (TPSA) is 39.5 Å². The van der Waals surface area contributed by atoms with Gasteiger partial charge in [-0.05, 0) is 31.5 Å². The van der Waals surface area contributed by atoms with Gasteiger partial charge in [0.15, 0.2) is 6.29 Å². The average Bonchev–Trinajstić information content (AvgIpc) is 3.46. The van der Waals surface area contributed by atoms with Crippen LogP contribution in [0, 0.1) is 0 Å². The SMILES string of the molecule is c1ccc(-c2nn(-c3ccccc3)cc2CN2CCCCC2C2OCCO2)cc1. The normalized spacial score (nSPS) is 20.9. The van der Waals surface area contributed by atoms with Crippen LogP contribution in [0.5, 0.6) is 0 Å². The molecule has 0 spiro atoms. The lowest BCUT2D eigenvalue weighted by Crippen LogP contribution is -2.46. The maximum Gasteiger partial charge on any atom is 0.173 e. The molecule has 2 fully saturated rings. The van der Waals surface area contributed by atoms with E-state index in [9.17, 15) is 0 Å². The molecule has 2 aliphatic heterocycles. The highest BCUT2D eigenvalue weighted by molar-refractivity contribution is 5.63. The molecule has 2 aliphatic rings. The van der Waals surface area contributed by atoms with Crippen LogP contribution in [0.4, 0.5) is 0 Å². The van der Waals surface area contributed by atoms with E-state index in [1.165, 1.54) is 18.4 Å². The lowest BCUT2D eigenvalue weighted by atomic mass is 10.00. The summed E-state index contributed by atoms with van der Waals surface area (Å²) in [6, 6.07) is 21.1. The number of hydrogen-bond acceptors (Lipinski definition) is 4. The van der Waals surface area contributed by atoms with E-state index in [2.05, 4.69) is 47.5 Å². The number of piperidine rings is 1. The van der Waals surface area contributed by atoms with E-state index in [1.54, 1.807) is 0 Å². The first kappa shape index (κ1) is 18.6. The van der Waals surface area contributed by atoms with Crippen LogP contribution in [0.2, 0.25) is 0 Å². The third-order valence-electron chi connectivity index (χ3n) is 5.86. The zero-order valence-electron chi connectivity index (χ0n) is 16.6. The van der Waals surface area contributed by atoms with E-state index in [-0.39, 0.29) is 6.29 Å². The molecule has 0 N–H and O–H groups in total. The number of nitrogens with zero attached hydrogens (tertiary/aromatic N) is 3. The van der Waals surface area contributed by atoms with E-state index in [0.717, 1.165) is 36.5 Å². The molecule has 0 aliphatic carbocycles. The second kappa shape index (κ2) is 8.49. The van der Waals surface area contributed by atoms with Crippen LogP contribution in [0.25, 0.3) is 16.9 Å². The number of para-hydroxylation sites is 1. The van der Waals surface area contributed by atoms with Crippen molar-refractivity contribution in [1.82, 2.24) is 14.7 Å². The quantitative estimate of drug-likeness (QED) is 0.653. The Labute approximate surface area is 171 Å². The van der Waals surface area contributed by atoms with Crippen LogP contribution >= 0.6 is 0 Å². The summed E-state index contributed by atoms with van der Waals surface area (Å²) in [6.45, 7) is 3.33. The first-order valence-corrected chi connectivity index (χ1v) is 10.5. The molecular formula is C24H27N3O2. The molecule has 2 aromatic carbocycles. The summed E-state index contributed by atoms with van der Waals surface area (Å²) in [5.41, 5.74) is 4.52. The van der Waals surface area contributed by atoms with Crippen molar-refractivity contribution >= 4 is 0 Å². The van der Waals surface area contributed by atoms with E-state index in [1.807, 2.05) is 28.9 Å². The Morgan fingerprint density at radius 3 is 2.38 bits per heavy atom. The number of benzene rings is 2. The van der Waals surface area contributed by atoms with Crippen molar-refractivity contribution in [3.8, 4) is 16.9 Å². The molecule has 5 rings (SSSR count). The van der Waals surface area contributed by atoms with Crippen molar-refractivity contribution in [1.29, 1.82) is 0 Å². The van der Waals surface area contributed by atoms with Gasteiger partial charge in [-0.1, -0.05) is 55.0 Å². The molecule has 5 heteroatoms. The monoisotopic (exact) mass is 389 g/mol. The summed E-state index contributed by atoms with van der Waals surface area (Å²) >= 11 is 0. The molecule has 0 amide bonds. The molecule has 5 nitrogen and oxygen atoms in total. The van der Waals surface area contributed by atoms with Gasteiger partial charge in [-0.3, -0.25) is 4.90 Å². The fraction of sp³-hybridized carbons (Fsp3) is 0.375. The van der Waals surface area contributed by atoms with Gasteiger partial charge in [0.25, 0.3) is 0 Å². The van der Waals surface area contributed by atoms with Crippen LogP contribution in [0.3, 0.4) is 0 Å². The molecule has 2 saturated heterocycles. The summed E-state index contributed by atoms with van der Waals surface area (Å²) in [4.78, 5) is 2.53. The van der Waals surface area contributed by atoms with Gasteiger partial charge in [-0.2, -0.15) is 5.10 Å². The third kappa shape index (κ3) is 3.99. The van der Waals surface area contributed by atoms with E-state index in [4.69, 9.17) is 14.6 Å². The summed E-state index contributed by atoms with van der Waals surface area (Å²) in [5, 5.41) is 4.97. The molecule has 0 bridgehead atoms. The first-order valence-electron chi connectivity index (χ1n) is 10.5. The second-order valence-corrected chi connectivity index (χ2v) is 7.79. The minimum absolute atomic E-state index is 0.0976. The Bertz CT molecular complexity index is 920. The van der Waals surface area contributed by atoms with Crippen molar-refractivity contribution in [3.63, 3.8) is 0 Å². The summed E-state index contributed by atoms with van der Waals surface area (Å²) < 4.78 is 13.7. The fourth-order valence-corrected chi connectivity index (χ4v) is 4.42. The standard InChI is InChI=1S/C24H27N3O2/c1-3-9-19(10-4-1)23-20(18-27(25-23)21-11-5-2-6-12-21)17-26-14-8-7-13-22(26)24-28-15-16-29-24/h1-6,9-12,18,22,24H,7-8,13-17H2. The average molecular weight is 389 g/mol. The predicted molar refractivity (Wildman–Crippen MR) is 113 cm³/mol. The molecular weight excluding hydrogens is 362 g/mol. The van der Waals surface area contributed by atoms with Crippen LogP contribution in [0.15, 0.2) is 66.9 Å². The van der Waals surface area contributed by atoms with Crippen LogP contribution in [-0.4, -0.2) is 46.8 Å². The zero-order valence-corrected chi connectivity index (χ0v) is 16.6. The van der Waals surface area contributed by atoms with Crippen LogP contribution in [-0.2, 0) is 16.0 Å². The van der Waals surface area contributed by atoms with E-state index < -0.39 is 0 Å². The summed E-state index contributed by atoms with van der Waals surface area (Å²) in [7, 11) is 0. The van der Waals surface area contributed by atoms with E-state index >= 15 is 0 Å². The third-order valence-corrected chi connectivity index (χ3v) is 5.86. The van der Waals surface area contributed by atoms with Crippen molar-refractivity contribution in [3.05, 3.63) is 72.4 Å². The second-order valence-electron chi connectivity index (χ2n) is 7.79. The van der Waals surface area contributed by atoms with Gasteiger partial charge in [-0.15, -0.1) is 0 Å². The molecule has 0 radical (unpaired) electrons. The molecule has 1 unspecified atom stereocenters. The summed E-state index contributed by atoms with van der Waals surface area (Å²) in [5.74, 6) is 0. The molecule has 3 aromatic rings. The van der Waals surface area contributed by atoms with Crippen molar-refractivity contribution in [2.75, 3.05) is 19.8 Å². The molecule has 1 atom stereocenters. The zero-order chi connectivity index (χ0) is 19.5. The van der Waals surface area contributed by atoms with Crippen LogP contribution in [0.1, 0.15) is 24.8 Å². The van der Waals surface area contributed by atoms with Gasteiger partial charge in [0.05, 0.1) is 30.6 Å². The Balaban J connectivity index is 1.48. The van der Waals surface area contributed by atoms with Gasteiger partial charge in [0.1, 0.15) is 0 Å². The fourth-order valence-electron chi connectivity index (χ4n) is 4.42. The predicted octanol–water partition coefficient (Wildman–Crippen LogP) is 4.27. The maximum atomic E-state index is 5.87. The lowest BCUT2D eigenvalue weighted by Gasteiger charge is -2.37. The number of aromatic nitrogens is 2. The Morgan fingerprint density at radius 1 is 0.897 bits per heavy atom. The Kier molecular flexibility index (Phi) is 5.43. The van der Waals surface area contributed by atoms with Crippen molar-refractivity contribution < 1.29 is 9.47 Å². The number of rotatable bonds is 5. The largest absolute Gasteiger partial charge is 0.349 e.